The average molecular weight is 381 g/mol. The van der Waals surface area contributed by atoms with E-state index >= 15 is 0 Å². The number of allylic oxidation sites excluding steroid dienone is 1. The summed E-state index contributed by atoms with van der Waals surface area (Å²) in [5, 5.41) is 0. The molecule has 1 fully saturated rings. The summed E-state index contributed by atoms with van der Waals surface area (Å²) in [7, 11) is 0. The van der Waals surface area contributed by atoms with Crippen molar-refractivity contribution in [3.63, 3.8) is 0 Å². The quantitative estimate of drug-likeness (QED) is 0.630. The van der Waals surface area contributed by atoms with Crippen LogP contribution in [0.2, 0.25) is 0 Å². The molecule has 4 heteroatoms. The number of ether oxygens (including phenoxy) is 1. The first-order chi connectivity index (χ1) is 14.2. The summed E-state index contributed by atoms with van der Waals surface area (Å²) in [6.45, 7) is 0.438. The van der Waals surface area contributed by atoms with Crippen molar-refractivity contribution in [1.29, 1.82) is 0 Å². The third kappa shape index (κ3) is 2.85. The maximum Gasteiger partial charge on any atom is 0.276 e. The Balaban J connectivity index is 1.54. The first-order valence-electron chi connectivity index (χ1n) is 9.62. The lowest BCUT2D eigenvalue weighted by atomic mass is 9.92. The summed E-state index contributed by atoms with van der Waals surface area (Å²) >= 11 is 0. The van der Waals surface area contributed by atoms with E-state index in [0.717, 1.165) is 22.4 Å². The van der Waals surface area contributed by atoms with Gasteiger partial charge in [0, 0.05) is 5.56 Å². The smallest absolute Gasteiger partial charge is 0.276 e. The van der Waals surface area contributed by atoms with Crippen LogP contribution in [0.25, 0.3) is 6.08 Å². The van der Waals surface area contributed by atoms with Crippen molar-refractivity contribution in [3.05, 3.63) is 107 Å². The second-order valence-electron chi connectivity index (χ2n) is 7.34. The van der Waals surface area contributed by atoms with Crippen LogP contribution in [0.15, 0.2) is 90.7 Å². The Hall–Kier alpha value is -3.66. The molecule has 2 aliphatic rings. The van der Waals surface area contributed by atoms with Crippen molar-refractivity contribution < 1.29 is 14.3 Å². The molecule has 5 rings (SSSR count). The second kappa shape index (κ2) is 6.74. The van der Waals surface area contributed by atoms with E-state index in [1.54, 1.807) is 11.0 Å². The van der Waals surface area contributed by atoms with E-state index in [-0.39, 0.29) is 23.9 Å². The number of fused-ring (bicyclic) bond motifs is 2. The van der Waals surface area contributed by atoms with Crippen LogP contribution < -0.4 is 4.90 Å². The number of ketones is 1. The number of carbonyl (C=O) groups excluding carboxylic acids is 2. The Morgan fingerprint density at radius 2 is 1.52 bits per heavy atom. The zero-order valence-corrected chi connectivity index (χ0v) is 15.7. The first kappa shape index (κ1) is 17.4. The zero-order chi connectivity index (χ0) is 19.8. The maximum absolute atomic E-state index is 13.6. The van der Waals surface area contributed by atoms with Crippen molar-refractivity contribution in [1.82, 2.24) is 0 Å². The normalized spacial score (nSPS) is 21.7. The summed E-state index contributed by atoms with van der Waals surface area (Å²) < 4.78 is 6.15. The van der Waals surface area contributed by atoms with Crippen LogP contribution in [-0.4, -0.2) is 11.7 Å². The molecule has 142 valence electrons. The van der Waals surface area contributed by atoms with Gasteiger partial charge in [-0.05, 0) is 23.3 Å². The maximum atomic E-state index is 13.6. The first-order valence-corrected chi connectivity index (χ1v) is 9.62. The number of carbonyl (C=O) groups is 2. The minimum atomic E-state index is -1.27. The molecule has 4 nitrogen and oxygen atoms in total. The van der Waals surface area contributed by atoms with Gasteiger partial charge in [0.1, 0.15) is 0 Å². The lowest BCUT2D eigenvalue weighted by Crippen LogP contribution is -2.39. The van der Waals surface area contributed by atoms with E-state index in [1.807, 2.05) is 84.9 Å². The molecule has 0 N–H and O–H groups in total. The number of amides is 1. The van der Waals surface area contributed by atoms with Crippen molar-refractivity contribution >= 4 is 23.5 Å². The number of hydrogen-bond acceptors (Lipinski definition) is 3. The fraction of sp³-hybridized carbons (Fsp3) is 0.120. The van der Waals surface area contributed by atoms with Gasteiger partial charge >= 0.3 is 0 Å². The van der Waals surface area contributed by atoms with Gasteiger partial charge in [-0.15, -0.1) is 0 Å². The minimum Gasteiger partial charge on any atom is -0.468 e. The van der Waals surface area contributed by atoms with E-state index in [9.17, 15) is 9.59 Å². The Morgan fingerprint density at radius 1 is 0.862 bits per heavy atom. The second-order valence-corrected chi connectivity index (χ2v) is 7.34. The zero-order valence-electron chi connectivity index (χ0n) is 15.7. The molecule has 0 bridgehead atoms. The number of benzene rings is 3. The van der Waals surface area contributed by atoms with E-state index < -0.39 is 5.60 Å². The van der Waals surface area contributed by atoms with Crippen LogP contribution >= 0.6 is 0 Å². The van der Waals surface area contributed by atoms with Gasteiger partial charge in [0.2, 0.25) is 11.4 Å². The molecule has 29 heavy (non-hydrogen) atoms. The van der Waals surface area contributed by atoms with Crippen LogP contribution in [0.4, 0.5) is 5.69 Å². The molecule has 1 saturated heterocycles. The van der Waals surface area contributed by atoms with Crippen molar-refractivity contribution in [2.45, 2.75) is 18.6 Å². The lowest BCUT2D eigenvalue weighted by molar-refractivity contribution is -0.135. The highest BCUT2D eigenvalue weighted by Crippen LogP contribution is 2.50. The highest BCUT2D eigenvalue weighted by atomic mass is 16.5. The predicted molar refractivity (Wildman–Crippen MR) is 111 cm³/mol. The monoisotopic (exact) mass is 381 g/mol. The van der Waals surface area contributed by atoms with Crippen LogP contribution in [-0.2, 0) is 26.5 Å². The SMILES string of the molecule is O=C1CC2(O/C1=C\c1ccccc1)C(=O)N(Cc1ccccc1)c1ccccc12. The molecule has 3 aromatic carbocycles. The molecular weight excluding hydrogens is 362 g/mol. The highest BCUT2D eigenvalue weighted by molar-refractivity contribution is 6.13. The molecule has 1 unspecified atom stereocenters. The molecular formula is C25H19NO3. The van der Waals surface area contributed by atoms with E-state index in [1.165, 1.54) is 0 Å². The van der Waals surface area contributed by atoms with Crippen LogP contribution in [0, 0.1) is 0 Å². The van der Waals surface area contributed by atoms with Crippen molar-refractivity contribution in [2.75, 3.05) is 4.90 Å². The topological polar surface area (TPSA) is 46.6 Å². The molecule has 0 aliphatic carbocycles. The number of nitrogens with zero attached hydrogens (tertiary/aromatic N) is 1. The molecule has 1 amide bonds. The Bertz CT molecular complexity index is 1120. The predicted octanol–water partition coefficient (Wildman–Crippen LogP) is 4.46. The summed E-state index contributed by atoms with van der Waals surface area (Å²) in [5.74, 6) is -0.105. The number of para-hydroxylation sites is 1. The van der Waals surface area contributed by atoms with E-state index in [4.69, 9.17) is 4.74 Å². The molecule has 1 spiro atoms. The molecule has 1 atom stereocenters. The summed E-state index contributed by atoms with van der Waals surface area (Å²) in [5.41, 5.74) is 2.17. The Labute approximate surface area is 169 Å². The van der Waals surface area contributed by atoms with Gasteiger partial charge in [0.25, 0.3) is 5.91 Å². The van der Waals surface area contributed by atoms with Gasteiger partial charge in [-0.2, -0.15) is 0 Å². The summed E-state index contributed by atoms with van der Waals surface area (Å²) in [6, 6.07) is 26.9. The summed E-state index contributed by atoms with van der Waals surface area (Å²) in [6.07, 6.45) is 1.74. The summed E-state index contributed by atoms with van der Waals surface area (Å²) in [4.78, 5) is 28.1. The van der Waals surface area contributed by atoms with Gasteiger partial charge < -0.3 is 9.64 Å². The molecule has 3 aromatic rings. The average Bonchev–Trinajstić information content (AvgIpc) is 3.20. The standard InChI is InChI=1S/C25H19NO3/c27-22-16-25(29-23(22)15-18-9-3-1-4-10-18)20-13-7-8-14-21(20)26(24(25)28)17-19-11-5-2-6-12-19/h1-15H,16-17H2/b23-15-. The highest BCUT2D eigenvalue weighted by Gasteiger charge is 2.58. The van der Waals surface area contributed by atoms with Crippen molar-refractivity contribution in [2.24, 2.45) is 0 Å². The van der Waals surface area contributed by atoms with Crippen LogP contribution in [0.1, 0.15) is 23.1 Å². The largest absolute Gasteiger partial charge is 0.468 e. The third-order valence-electron chi connectivity index (χ3n) is 5.47. The van der Waals surface area contributed by atoms with Gasteiger partial charge in [0.05, 0.1) is 18.7 Å². The Kier molecular flexibility index (Phi) is 4.06. The number of Topliss-reactive ketones (excluding diaryl/α,β-unsaturated/α-hetero) is 1. The van der Waals surface area contributed by atoms with Crippen molar-refractivity contribution in [3.8, 4) is 0 Å². The molecule has 2 aliphatic heterocycles. The van der Waals surface area contributed by atoms with Crippen LogP contribution in [0.3, 0.4) is 0 Å². The minimum absolute atomic E-state index is 0.0206. The number of anilines is 1. The third-order valence-corrected chi connectivity index (χ3v) is 5.47. The molecule has 2 heterocycles. The van der Waals surface area contributed by atoms with Gasteiger partial charge in [-0.3, -0.25) is 9.59 Å². The lowest BCUT2D eigenvalue weighted by Gasteiger charge is -2.23. The molecule has 0 aromatic heterocycles. The van der Waals surface area contributed by atoms with Crippen LogP contribution in [0.5, 0.6) is 0 Å². The van der Waals surface area contributed by atoms with Gasteiger partial charge in [-0.1, -0.05) is 78.9 Å². The van der Waals surface area contributed by atoms with E-state index in [2.05, 4.69) is 0 Å². The number of hydrogen-bond donors (Lipinski definition) is 0. The Morgan fingerprint density at radius 3 is 2.28 bits per heavy atom. The van der Waals surface area contributed by atoms with Gasteiger partial charge in [-0.25, -0.2) is 0 Å². The van der Waals surface area contributed by atoms with E-state index in [0.29, 0.717) is 6.54 Å². The molecule has 0 saturated carbocycles. The number of rotatable bonds is 3. The molecule has 0 radical (unpaired) electrons. The van der Waals surface area contributed by atoms with Gasteiger partial charge in [0.15, 0.2) is 5.76 Å². The fourth-order valence-corrected chi connectivity index (χ4v) is 4.09. The fourth-order valence-electron chi connectivity index (χ4n) is 4.09.